The molecule has 1 unspecified atom stereocenters. The van der Waals surface area contributed by atoms with Gasteiger partial charge in [0.05, 0.1) is 5.60 Å². The molecule has 1 aromatic rings. The number of rotatable bonds is 6. The van der Waals surface area contributed by atoms with E-state index in [1.165, 1.54) is 6.42 Å². The molecular formula is C18H30O. The molecule has 19 heavy (non-hydrogen) atoms. The first-order chi connectivity index (χ1) is 9.14. The van der Waals surface area contributed by atoms with Gasteiger partial charge in [-0.1, -0.05) is 76.6 Å². The number of hydrogen-bond donors (Lipinski definition) is 1. The lowest BCUT2D eigenvalue weighted by Gasteiger charge is -2.26. The second-order valence-electron chi connectivity index (χ2n) is 4.88. The second kappa shape index (κ2) is 10.8. The van der Waals surface area contributed by atoms with Crippen LogP contribution in [0.1, 0.15) is 65.4 Å². The lowest BCUT2D eigenvalue weighted by molar-refractivity contribution is 0.0243. The normalized spacial score (nSPS) is 13.7. The third kappa shape index (κ3) is 7.17. The van der Waals surface area contributed by atoms with Crippen LogP contribution in [0.5, 0.6) is 0 Å². The molecule has 0 bridgehead atoms. The van der Waals surface area contributed by atoms with Gasteiger partial charge in [0.25, 0.3) is 0 Å². The van der Waals surface area contributed by atoms with Crippen LogP contribution in [-0.2, 0) is 5.60 Å². The van der Waals surface area contributed by atoms with Crippen LogP contribution in [0.3, 0.4) is 0 Å². The van der Waals surface area contributed by atoms with Gasteiger partial charge in [0.15, 0.2) is 0 Å². The highest BCUT2D eigenvalue weighted by atomic mass is 16.3. The van der Waals surface area contributed by atoms with Crippen molar-refractivity contribution in [3.8, 4) is 0 Å². The number of allylic oxidation sites excluding steroid dienone is 2. The molecule has 0 saturated carbocycles. The smallest absolute Gasteiger partial charge is 0.0896 e. The molecule has 0 spiro atoms. The van der Waals surface area contributed by atoms with Gasteiger partial charge in [-0.2, -0.15) is 0 Å². The topological polar surface area (TPSA) is 20.2 Å². The van der Waals surface area contributed by atoms with Gasteiger partial charge in [0, 0.05) is 0 Å². The summed E-state index contributed by atoms with van der Waals surface area (Å²) in [6.45, 7) is 8.41. The Balaban J connectivity index is 0.000000982. The second-order valence-corrected chi connectivity index (χ2v) is 4.88. The third-order valence-electron chi connectivity index (χ3n) is 3.02. The van der Waals surface area contributed by atoms with Crippen LogP contribution in [0.15, 0.2) is 42.5 Å². The van der Waals surface area contributed by atoms with E-state index in [1.807, 2.05) is 37.3 Å². The molecule has 1 N–H and O–H groups in total. The molecule has 0 fully saturated rings. The Morgan fingerprint density at radius 2 is 1.58 bits per heavy atom. The van der Waals surface area contributed by atoms with Crippen molar-refractivity contribution in [2.75, 3.05) is 0 Å². The molecule has 0 saturated heterocycles. The van der Waals surface area contributed by atoms with E-state index in [0.717, 1.165) is 31.2 Å². The molecule has 0 aliphatic carbocycles. The fraction of sp³-hybridized carbons (Fsp3) is 0.556. The molecule has 108 valence electrons. The zero-order valence-corrected chi connectivity index (χ0v) is 13.0. The Labute approximate surface area is 119 Å². The zero-order chi connectivity index (χ0) is 14.6. The largest absolute Gasteiger partial charge is 0.385 e. The van der Waals surface area contributed by atoms with Crippen molar-refractivity contribution in [1.29, 1.82) is 0 Å². The molecule has 0 aromatic heterocycles. The maximum Gasteiger partial charge on any atom is 0.0896 e. The highest BCUT2D eigenvalue weighted by Gasteiger charge is 2.25. The summed E-state index contributed by atoms with van der Waals surface area (Å²) in [6.07, 6.45) is 9.12. The van der Waals surface area contributed by atoms with Crippen molar-refractivity contribution < 1.29 is 5.11 Å². The number of benzene rings is 1. The average molecular weight is 262 g/mol. The summed E-state index contributed by atoms with van der Waals surface area (Å²) in [5.74, 6) is 0. The first-order valence-corrected chi connectivity index (χ1v) is 7.57. The summed E-state index contributed by atoms with van der Waals surface area (Å²) in [4.78, 5) is 0. The Kier molecular flexibility index (Phi) is 10.2. The van der Waals surface area contributed by atoms with E-state index in [0.29, 0.717) is 0 Å². The Bertz CT molecular complexity index is 329. The first-order valence-electron chi connectivity index (χ1n) is 7.57. The van der Waals surface area contributed by atoms with Gasteiger partial charge in [-0.05, 0) is 31.2 Å². The molecule has 0 heterocycles. The Morgan fingerprint density at radius 1 is 1.00 bits per heavy atom. The Morgan fingerprint density at radius 3 is 2.05 bits per heavy atom. The molecular weight excluding hydrogens is 232 g/mol. The quantitative estimate of drug-likeness (QED) is 0.676. The fourth-order valence-corrected chi connectivity index (χ4v) is 1.88. The van der Waals surface area contributed by atoms with E-state index in [4.69, 9.17) is 0 Å². The molecule has 1 atom stereocenters. The SMILES string of the molecule is CC/C=C/CCC(O)(CC)c1ccccc1.CCC. The molecule has 1 aromatic carbocycles. The highest BCUT2D eigenvalue weighted by molar-refractivity contribution is 5.22. The van der Waals surface area contributed by atoms with E-state index < -0.39 is 5.60 Å². The van der Waals surface area contributed by atoms with Crippen molar-refractivity contribution in [3.63, 3.8) is 0 Å². The maximum atomic E-state index is 10.6. The monoisotopic (exact) mass is 262 g/mol. The molecule has 1 rings (SSSR count). The summed E-state index contributed by atoms with van der Waals surface area (Å²) < 4.78 is 0. The van der Waals surface area contributed by atoms with Gasteiger partial charge < -0.3 is 5.11 Å². The summed E-state index contributed by atoms with van der Waals surface area (Å²) in [7, 11) is 0. The van der Waals surface area contributed by atoms with Crippen LogP contribution in [0.4, 0.5) is 0 Å². The van der Waals surface area contributed by atoms with Gasteiger partial charge in [-0.25, -0.2) is 0 Å². The zero-order valence-electron chi connectivity index (χ0n) is 13.0. The minimum Gasteiger partial charge on any atom is -0.385 e. The minimum atomic E-state index is -0.667. The summed E-state index contributed by atoms with van der Waals surface area (Å²) >= 11 is 0. The van der Waals surface area contributed by atoms with Gasteiger partial charge in [0.2, 0.25) is 0 Å². The van der Waals surface area contributed by atoms with Crippen molar-refractivity contribution in [1.82, 2.24) is 0 Å². The highest BCUT2D eigenvalue weighted by Crippen LogP contribution is 2.29. The lowest BCUT2D eigenvalue weighted by atomic mass is 9.87. The van der Waals surface area contributed by atoms with Crippen LogP contribution in [0.2, 0.25) is 0 Å². The number of aliphatic hydroxyl groups is 1. The summed E-state index contributed by atoms with van der Waals surface area (Å²) in [6, 6.07) is 9.96. The maximum absolute atomic E-state index is 10.6. The summed E-state index contributed by atoms with van der Waals surface area (Å²) in [5.41, 5.74) is 0.363. The van der Waals surface area contributed by atoms with Crippen molar-refractivity contribution in [3.05, 3.63) is 48.0 Å². The predicted octanol–water partition coefficient (Wildman–Crippen LogP) is 5.45. The van der Waals surface area contributed by atoms with Crippen LogP contribution >= 0.6 is 0 Å². The summed E-state index contributed by atoms with van der Waals surface area (Å²) in [5, 5.41) is 10.6. The van der Waals surface area contributed by atoms with Crippen molar-refractivity contribution >= 4 is 0 Å². The molecule has 0 aliphatic rings. The molecule has 1 nitrogen and oxygen atoms in total. The van der Waals surface area contributed by atoms with E-state index in [9.17, 15) is 5.11 Å². The first kappa shape index (κ1) is 17.9. The van der Waals surface area contributed by atoms with Crippen LogP contribution in [-0.4, -0.2) is 5.11 Å². The van der Waals surface area contributed by atoms with Gasteiger partial charge in [-0.3, -0.25) is 0 Å². The van der Waals surface area contributed by atoms with Gasteiger partial charge in [-0.15, -0.1) is 0 Å². The standard InChI is InChI=1S/C15H22O.C3H8/c1-3-5-6-10-13-15(16,4-2)14-11-8-7-9-12-14;1-3-2/h5-9,11-12,16H,3-4,10,13H2,1-2H3;3H2,1-2H3/b6-5+;. The van der Waals surface area contributed by atoms with Crippen LogP contribution < -0.4 is 0 Å². The predicted molar refractivity (Wildman–Crippen MR) is 85.3 cm³/mol. The van der Waals surface area contributed by atoms with Crippen LogP contribution in [0, 0.1) is 0 Å². The van der Waals surface area contributed by atoms with E-state index in [1.54, 1.807) is 0 Å². The van der Waals surface area contributed by atoms with E-state index in [2.05, 4.69) is 32.9 Å². The molecule has 0 aliphatic heterocycles. The molecule has 0 amide bonds. The fourth-order valence-electron chi connectivity index (χ4n) is 1.88. The lowest BCUT2D eigenvalue weighted by Crippen LogP contribution is -2.24. The average Bonchev–Trinajstić information content (AvgIpc) is 2.45. The van der Waals surface area contributed by atoms with E-state index >= 15 is 0 Å². The van der Waals surface area contributed by atoms with Crippen molar-refractivity contribution in [2.24, 2.45) is 0 Å². The van der Waals surface area contributed by atoms with Crippen LogP contribution in [0.25, 0.3) is 0 Å². The third-order valence-corrected chi connectivity index (χ3v) is 3.02. The van der Waals surface area contributed by atoms with Gasteiger partial charge in [0.1, 0.15) is 0 Å². The minimum absolute atomic E-state index is 0.667. The van der Waals surface area contributed by atoms with Crippen molar-refractivity contribution in [2.45, 2.75) is 65.4 Å². The Hall–Kier alpha value is -1.08. The molecule has 0 radical (unpaired) electrons. The molecule has 1 heteroatoms. The van der Waals surface area contributed by atoms with Gasteiger partial charge >= 0.3 is 0 Å². The number of hydrogen-bond acceptors (Lipinski definition) is 1. The van der Waals surface area contributed by atoms with E-state index in [-0.39, 0.29) is 0 Å².